The first-order valence-corrected chi connectivity index (χ1v) is 5.61. The number of nitrogens with zero attached hydrogens (tertiary/aromatic N) is 3. The number of para-hydroxylation sites is 1. The van der Waals surface area contributed by atoms with E-state index in [0.29, 0.717) is 0 Å². The summed E-state index contributed by atoms with van der Waals surface area (Å²) < 4.78 is 4.26. The van der Waals surface area contributed by atoms with E-state index in [1.165, 1.54) is 11.4 Å². The van der Waals surface area contributed by atoms with Crippen molar-refractivity contribution in [1.29, 1.82) is 0 Å². The zero-order chi connectivity index (χ0) is 11.5. The van der Waals surface area contributed by atoms with E-state index in [4.69, 9.17) is 0 Å². The summed E-state index contributed by atoms with van der Waals surface area (Å²) in [7, 11) is 0. The molecule has 2 aromatic heterocycles. The number of hydrogen-bond acceptors (Lipinski definition) is 1. The van der Waals surface area contributed by atoms with E-state index >= 15 is 0 Å². The molecule has 4 heteroatoms. The molecule has 92 valence electrons. The van der Waals surface area contributed by atoms with E-state index in [1.54, 1.807) is 6.20 Å². The summed E-state index contributed by atoms with van der Waals surface area (Å²) in [6.45, 7) is 0.835. The van der Waals surface area contributed by atoms with Crippen molar-refractivity contribution in [2.45, 2.75) is 6.54 Å². The van der Waals surface area contributed by atoms with Crippen LogP contribution in [0, 0.1) is 0 Å². The maximum Gasteiger partial charge on any atom is 0.0949 e. The molecule has 0 N–H and O–H groups in total. The molecule has 0 unspecified atom stereocenters. The molecule has 18 heavy (non-hydrogen) atoms. The van der Waals surface area contributed by atoms with Crippen LogP contribution in [0.1, 0.15) is 5.69 Å². The number of halogens is 1. The van der Waals surface area contributed by atoms with Gasteiger partial charge in [-0.15, -0.1) is 12.4 Å². The topological polar surface area (TPSA) is 22.8 Å². The van der Waals surface area contributed by atoms with Gasteiger partial charge in [-0.25, -0.2) is 4.98 Å². The summed E-state index contributed by atoms with van der Waals surface area (Å²) in [6.07, 6.45) is 7.70. The van der Waals surface area contributed by atoms with Crippen LogP contribution in [0.15, 0.2) is 67.4 Å². The van der Waals surface area contributed by atoms with Crippen molar-refractivity contribution in [3.8, 4) is 5.69 Å². The van der Waals surface area contributed by atoms with Crippen molar-refractivity contribution in [1.82, 2.24) is 14.1 Å². The molecular formula is C14H14ClN3. The zero-order valence-electron chi connectivity index (χ0n) is 9.81. The molecule has 0 bridgehead atoms. The molecule has 2 heterocycles. The molecule has 0 fully saturated rings. The summed E-state index contributed by atoms with van der Waals surface area (Å²) in [4.78, 5) is 4.06. The van der Waals surface area contributed by atoms with Crippen molar-refractivity contribution in [3.63, 3.8) is 0 Å². The highest BCUT2D eigenvalue weighted by Gasteiger charge is 2.02. The third-order valence-electron chi connectivity index (χ3n) is 2.77. The Balaban J connectivity index is 0.00000120. The number of benzene rings is 1. The fraction of sp³-hybridized carbons (Fsp3) is 0.0714. The van der Waals surface area contributed by atoms with Crippen LogP contribution in [-0.4, -0.2) is 14.1 Å². The molecule has 0 aliphatic rings. The lowest BCUT2D eigenvalue weighted by Crippen LogP contribution is -2.03. The highest BCUT2D eigenvalue weighted by Crippen LogP contribution is 2.13. The largest absolute Gasteiger partial charge is 0.332 e. The van der Waals surface area contributed by atoms with Gasteiger partial charge < -0.3 is 9.13 Å². The second-order valence-corrected chi connectivity index (χ2v) is 3.94. The average molecular weight is 260 g/mol. The van der Waals surface area contributed by atoms with Crippen molar-refractivity contribution in [2.24, 2.45) is 0 Å². The summed E-state index contributed by atoms with van der Waals surface area (Å²) in [6, 6.07) is 14.6. The van der Waals surface area contributed by atoms with E-state index in [0.717, 1.165) is 6.54 Å². The molecule has 3 nitrogen and oxygen atoms in total. The minimum atomic E-state index is 0. The van der Waals surface area contributed by atoms with Gasteiger partial charge in [-0.05, 0) is 24.3 Å². The molecule has 0 aliphatic carbocycles. The predicted octanol–water partition coefficient (Wildman–Crippen LogP) is 3.14. The smallest absolute Gasteiger partial charge is 0.0949 e. The monoisotopic (exact) mass is 259 g/mol. The van der Waals surface area contributed by atoms with Gasteiger partial charge >= 0.3 is 0 Å². The van der Waals surface area contributed by atoms with E-state index < -0.39 is 0 Å². The Morgan fingerprint density at radius 3 is 2.50 bits per heavy atom. The van der Waals surface area contributed by atoms with Gasteiger partial charge in [0.15, 0.2) is 0 Å². The van der Waals surface area contributed by atoms with Crippen molar-refractivity contribution >= 4 is 12.4 Å². The first-order valence-electron chi connectivity index (χ1n) is 5.61. The van der Waals surface area contributed by atoms with E-state index in [-0.39, 0.29) is 12.4 Å². The van der Waals surface area contributed by atoms with Crippen LogP contribution >= 0.6 is 12.4 Å². The molecule has 0 aliphatic heterocycles. The Morgan fingerprint density at radius 2 is 1.78 bits per heavy atom. The second-order valence-electron chi connectivity index (χ2n) is 3.94. The number of imidazole rings is 1. The van der Waals surface area contributed by atoms with Gasteiger partial charge in [0, 0.05) is 30.0 Å². The van der Waals surface area contributed by atoms with E-state index in [9.17, 15) is 0 Å². The summed E-state index contributed by atoms with van der Waals surface area (Å²) in [5, 5.41) is 0. The van der Waals surface area contributed by atoms with Crippen LogP contribution in [0.3, 0.4) is 0 Å². The van der Waals surface area contributed by atoms with Crippen LogP contribution in [0.4, 0.5) is 0 Å². The summed E-state index contributed by atoms with van der Waals surface area (Å²) in [5.74, 6) is 0. The molecule has 0 spiro atoms. The van der Waals surface area contributed by atoms with Crippen LogP contribution in [0.2, 0.25) is 0 Å². The molecule has 0 amide bonds. The SMILES string of the molecule is Cl.c1ccc(-n2cccc2Cn2ccnc2)cc1. The molecule has 3 rings (SSSR count). The van der Waals surface area contributed by atoms with Crippen LogP contribution in [-0.2, 0) is 6.54 Å². The average Bonchev–Trinajstić information content (AvgIpc) is 3.02. The molecular weight excluding hydrogens is 246 g/mol. The van der Waals surface area contributed by atoms with Crippen LogP contribution in [0.25, 0.3) is 5.69 Å². The van der Waals surface area contributed by atoms with Crippen LogP contribution in [0.5, 0.6) is 0 Å². The normalized spacial score (nSPS) is 10.0. The number of aromatic nitrogens is 3. The second kappa shape index (κ2) is 5.56. The van der Waals surface area contributed by atoms with Gasteiger partial charge in [-0.3, -0.25) is 0 Å². The van der Waals surface area contributed by atoms with Crippen LogP contribution < -0.4 is 0 Å². The molecule has 1 aromatic carbocycles. The lowest BCUT2D eigenvalue weighted by Gasteiger charge is -2.09. The quantitative estimate of drug-likeness (QED) is 0.709. The number of hydrogen-bond donors (Lipinski definition) is 0. The summed E-state index contributed by atoms with van der Waals surface area (Å²) >= 11 is 0. The molecule has 0 atom stereocenters. The van der Waals surface area contributed by atoms with E-state index in [2.05, 4.69) is 56.7 Å². The fourth-order valence-electron chi connectivity index (χ4n) is 1.95. The molecule has 0 radical (unpaired) electrons. The van der Waals surface area contributed by atoms with Gasteiger partial charge in [-0.2, -0.15) is 0 Å². The first-order chi connectivity index (χ1) is 8.43. The van der Waals surface area contributed by atoms with Crippen molar-refractivity contribution < 1.29 is 0 Å². The van der Waals surface area contributed by atoms with Gasteiger partial charge in [0.25, 0.3) is 0 Å². The van der Waals surface area contributed by atoms with Gasteiger partial charge in [-0.1, -0.05) is 18.2 Å². The Kier molecular flexibility index (Phi) is 3.85. The lowest BCUT2D eigenvalue weighted by atomic mass is 10.3. The Bertz CT molecular complexity index is 585. The summed E-state index contributed by atoms with van der Waals surface area (Å²) in [5.41, 5.74) is 2.43. The molecule has 3 aromatic rings. The predicted molar refractivity (Wildman–Crippen MR) is 74.3 cm³/mol. The minimum Gasteiger partial charge on any atom is -0.332 e. The maximum atomic E-state index is 4.06. The van der Waals surface area contributed by atoms with Gasteiger partial charge in [0.1, 0.15) is 0 Å². The third kappa shape index (κ3) is 2.46. The zero-order valence-corrected chi connectivity index (χ0v) is 10.6. The number of rotatable bonds is 3. The third-order valence-corrected chi connectivity index (χ3v) is 2.77. The van der Waals surface area contributed by atoms with Gasteiger partial charge in [0.2, 0.25) is 0 Å². The maximum absolute atomic E-state index is 4.06. The molecule has 0 saturated heterocycles. The van der Waals surface area contributed by atoms with Crippen molar-refractivity contribution in [3.05, 3.63) is 73.1 Å². The van der Waals surface area contributed by atoms with Gasteiger partial charge in [0.05, 0.1) is 12.9 Å². The van der Waals surface area contributed by atoms with E-state index in [1.807, 2.05) is 18.6 Å². The standard InChI is InChI=1S/C14H13N3.ClH/c1-2-5-13(6-3-1)17-9-4-7-14(17)11-16-10-8-15-12-16;/h1-10,12H,11H2;1H. The highest BCUT2D eigenvalue weighted by molar-refractivity contribution is 5.85. The van der Waals surface area contributed by atoms with Crippen molar-refractivity contribution in [2.75, 3.05) is 0 Å². The lowest BCUT2D eigenvalue weighted by molar-refractivity contribution is 0.753. The first kappa shape index (κ1) is 12.5. The Morgan fingerprint density at radius 1 is 0.944 bits per heavy atom. The Labute approximate surface area is 112 Å². The fourth-order valence-corrected chi connectivity index (χ4v) is 1.95. The Hall–Kier alpha value is -2.00. The highest BCUT2D eigenvalue weighted by atomic mass is 35.5. The minimum absolute atomic E-state index is 0. The molecule has 0 saturated carbocycles.